The average molecular weight is 237 g/mol. The van der Waals surface area contributed by atoms with E-state index in [-0.39, 0.29) is 5.91 Å². The van der Waals surface area contributed by atoms with Crippen LogP contribution in [0, 0.1) is 0 Å². The molecule has 94 valence electrons. The molecule has 6 heteroatoms. The van der Waals surface area contributed by atoms with E-state index >= 15 is 0 Å². The zero-order chi connectivity index (χ0) is 12.7. The average Bonchev–Trinajstić information content (AvgIpc) is 2.29. The molecule has 0 aliphatic heterocycles. The van der Waals surface area contributed by atoms with Crippen molar-refractivity contribution in [1.29, 1.82) is 0 Å². The topological polar surface area (TPSA) is 70.2 Å². The van der Waals surface area contributed by atoms with E-state index in [4.69, 9.17) is 0 Å². The Hall–Kier alpha value is -1.85. The number of nitrogens with zero attached hydrogens (tertiary/aromatic N) is 3. The van der Waals surface area contributed by atoms with Gasteiger partial charge in [0.05, 0.1) is 12.4 Å². The van der Waals surface area contributed by atoms with Crippen LogP contribution < -0.4 is 10.6 Å². The van der Waals surface area contributed by atoms with Crippen molar-refractivity contribution >= 4 is 17.5 Å². The summed E-state index contributed by atoms with van der Waals surface area (Å²) in [7, 11) is 3.49. The van der Waals surface area contributed by atoms with Crippen LogP contribution >= 0.6 is 0 Å². The monoisotopic (exact) mass is 237 g/mol. The summed E-state index contributed by atoms with van der Waals surface area (Å²) in [6.45, 7) is 3.36. The molecule has 0 fully saturated rings. The Balaban J connectivity index is 2.41. The van der Waals surface area contributed by atoms with E-state index < -0.39 is 0 Å². The van der Waals surface area contributed by atoms with Gasteiger partial charge in [0.2, 0.25) is 5.91 Å². The van der Waals surface area contributed by atoms with E-state index in [1.807, 2.05) is 6.92 Å². The lowest BCUT2D eigenvalue weighted by Crippen LogP contribution is -2.24. The van der Waals surface area contributed by atoms with Crippen LogP contribution in [0.25, 0.3) is 0 Å². The molecule has 1 heterocycles. The standard InChI is InChI=1S/C11H19N5O/c1-4-13-9-7-12-8-10(15-9)14-6-5-11(17)16(2)3/h7-8H,4-6H2,1-3H3,(H2,13,14,15). The maximum Gasteiger partial charge on any atom is 0.223 e. The number of carbonyl (C=O) groups is 1. The van der Waals surface area contributed by atoms with Gasteiger partial charge < -0.3 is 15.5 Å². The SMILES string of the molecule is CCNc1cncc(NCCC(=O)N(C)C)n1. The van der Waals surface area contributed by atoms with Crippen molar-refractivity contribution in [1.82, 2.24) is 14.9 Å². The van der Waals surface area contributed by atoms with Crippen molar-refractivity contribution < 1.29 is 4.79 Å². The van der Waals surface area contributed by atoms with Crippen LogP contribution in [0.5, 0.6) is 0 Å². The van der Waals surface area contributed by atoms with Gasteiger partial charge in [0.25, 0.3) is 0 Å². The Kier molecular flexibility index (Phi) is 5.19. The molecular formula is C11H19N5O. The third kappa shape index (κ3) is 4.67. The van der Waals surface area contributed by atoms with Gasteiger partial charge in [0.1, 0.15) is 11.6 Å². The van der Waals surface area contributed by atoms with Gasteiger partial charge in [0.15, 0.2) is 0 Å². The van der Waals surface area contributed by atoms with E-state index in [1.165, 1.54) is 0 Å². The highest BCUT2D eigenvalue weighted by Gasteiger charge is 2.03. The van der Waals surface area contributed by atoms with Gasteiger partial charge in [-0.2, -0.15) is 0 Å². The van der Waals surface area contributed by atoms with Crippen LogP contribution in [0.1, 0.15) is 13.3 Å². The van der Waals surface area contributed by atoms with Crippen LogP contribution in [0.15, 0.2) is 12.4 Å². The number of aromatic nitrogens is 2. The zero-order valence-corrected chi connectivity index (χ0v) is 10.5. The van der Waals surface area contributed by atoms with Gasteiger partial charge in [0, 0.05) is 33.6 Å². The summed E-state index contributed by atoms with van der Waals surface area (Å²) < 4.78 is 0. The van der Waals surface area contributed by atoms with Crippen molar-refractivity contribution in [3.05, 3.63) is 12.4 Å². The number of hydrogen-bond donors (Lipinski definition) is 2. The molecule has 17 heavy (non-hydrogen) atoms. The molecular weight excluding hydrogens is 218 g/mol. The molecule has 0 spiro atoms. The summed E-state index contributed by atoms with van der Waals surface area (Å²) >= 11 is 0. The third-order valence-corrected chi connectivity index (χ3v) is 2.14. The second-order valence-corrected chi connectivity index (χ2v) is 3.78. The highest BCUT2D eigenvalue weighted by molar-refractivity contribution is 5.76. The summed E-state index contributed by atoms with van der Waals surface area (Å²) in [6, 6.07) is 0. The molecule has 1 aromatic rings. The van der Waals surface area contributed by atoms with E-state index in [1.54, 1.807) is 31.4 Å². The van der Waals surface area contributed by atoms with Crippen molar-refractivity contribution in [2.45, 2.75) is 13.3 Å². The Morgan fingerprint density at radius 2 is 1.94 bits per heavy atom. The first kappa shape index (κ1) is 13.2. The highest BCUT2D eigenvalue weighted by atomic mass is 16.2. The van der Waals surface area contributed by atoms with Crippen LogP contribution in [-0.2, 0) is 4.79 Å². The first-order valence-corrected chi connectivity index (χ1v) is 5.63. The van der Waals surface area contributed by atoms with Gasteiger partial charge in [-0.15, -0.1) is 0 Å². The number of nitrogens with one attached hydrogen (secondary N) is 2. The van der Waals surface area contributed by atoms with Gasteiger partial charge >= 0.3 is 0 Å². The number of hydrogen-bond acceptors (Lipinski definition) is 5. The molecule has 2 N–H and O–H groups in total. The number of rotatable bonds is 6. The third-order valence-electron chi connectivity index (χ3n) is 2.14. The van der Waals surface area contributed by atoms with Crippen molar-refractivity contribution in [2.75, 3.05) is 37.8 Å². The molecule has 0 aliphatic rings. The number of anilines is 2. The molecule has 6 nitrogen and oxygen atoms in total. The summed E-state index contributed by atoms with van der Waals surface area (Å²) in [5.41, 5.74) is 0. The number of carbonyl (C=O) groups excluding carboxylic acids is 1. The molecule has 1 aromatic heterocycles. The predicted molar refractivity (Wildman–Crippen MR) is 68.0 cm³/mol. The smallest absolute Gasteiger partial charge is 0.223 e. The van der Waals surface area contributed by atoms with Gasteiger partial charge in [-0.05, 0) is 6.92 Å². The lowest BCUT2D eigenvalue weighted by atomic mass is 10.4. The Morgan fingerprint density at radius 1 is 1.29 bits per heavy atom. The van der Waals surface area contributed by atoms with Crippen molar-refractivity contribution in [2.24, 2.45) is 0 Å². The predicted octanol–water partition coefficient (Wildman–Crippen LogP) is 0.799. The first-order valence-electron chi connectivity index (χ1n) is 5.63. The summed E-state index contributed by atoms with van der Waals surface area (Å²) in [5.74, 6) is 1.50. The molecule has 0 aromatic carbocycles. The van der Waals surface area contributed by atoms with Crippen LogP contribution in [0.2, 0.25) is 0 Å². The minimum Gasteiger partial charge on any atom is -0.369 e. The summed E-state index contributed by atoms with van der Waals surface area (Å²) in [6.07, 6.45) is 3.75. The number of amides is 1. The summed E-state index contributed by atoms with van der Waals surface area (Å²) in [5, 5.41) is 6.14. The van der Waals surface area contributed by atoms with Crippen molar-refractivity contribution in [3.63, 3.8) is 0 Å². The quantitative estimate of drug-likeness (QED) is 0.765. The van der Waals surface area contributed by atoms with Crippen molar-refractivity contribution in [3.8, 4) is 0 Å². The lowest BCUT2D eigenvalue weighted by Gasteiger charge is -2.11. The first-order chi connectivity index (χ1) is 8.13. The Bertz CT molecular complexity index is 367. The maximum atomic E-state index is 11.3. The van der Waals surface area contributed by atoms with Crippen LogP contribution in [-0.4, -0.2) is 48.0 Å². The second kappa shape index (κ2) is 6.67. The lowest BCUT2D eigenvalue weighted by molar-refractivity contribution is -0.128. The minimum atomic E-state index is 0.0910. The van der Waals surface area contributed by atoms with Crippen LogP contribution in [0.3, 0.4) is 0 Å². The molecule has 0 saturated carbocycles. The van der Waals surface area contributed by atoms with E-state index in [2.05, 4.69) is 20.6 Å². The molecule has 1 amide bonds. The molecule has 0 aliphatic carbocycles. The van der Waals surface area contributed by atoms with E-state index in [0.717, 1.165) is 12.4 Å². The molecule has 0 unspecified atom stereocenters. The van der Waals surface area contributed by atoms with Gasteiger partial charge in [-0.1, -0.05) is 0 Å². The van der Waals surface area contributed by atoms with E-state index in [0.29, 0.717) is 18.8 Å². The largest absolute Gasteiger partial charge is 0.369 e. The molecule has 1 rings (SSSR count). The second-order valence-electron chi connectivity index (χ2n) is 3.78. The zero-order valence-electron chi connectivity index (χ0n) is 10.5. The molecule has 0 saturated heterocycles. The highest BCUT2D eigenvalue weighted by Crippen LogP contribution is 2.06. The van der Waals surface area contributed by atoms with Crippen LogP contribution in [0.4, 0.5) is 11.6 Å². The molecule has 0 bridgehead atoms. The van der Waals surface area contributed by atoms with Gasteiger partial charge in [-0.3, -0.25) is 9.78 Å². The normalized spacial score (nSPS) is 9.82. The maximum absolute atomic E-state index is 11.3. The Labute approximate surface area is 101 Å². The van der Waals surface area contributed by atoms with E-state index in [9.17, 15) is 4.79 Å². The molecule has 0 atom stereocenters. The fourth-order valence-electron chi connectivity index (χ4n) is 1.24. The Morgan fingerprint density at radius 3 is 2.53 bits per heavy atom. The molecule has 0 radical (unpaired) electrons. The fourth-order valence-corrected chi connectivity index (χ4v) is 1.24. The summed E-state index contributed by atoms with van der Waals surface area (Å²) in [4.78, 5) is 21.3. The van der Waals surface area contributed by atoms with Gasteiger partial charge in [-0.25, -0.2) is 4.98 Å². The minimum absolute atomic E-state index is 0.0910. The fraction of sp³-hybridized carbons (Fsp3) is 0.545.